The van der Waals surface area contributed by atoms with E-state index in [4.69, 9.17) is 21.1 Å². The molecule has 94 valence electrons. The van der Waals surface area contributed by atoms with Crippen LogP contribution in [-0.4, -0.2) is 19.9 Å². The topological polar surface area (TPSA) is 22.9 Å². The van der Waals surface area contributed by atoms with Gasteiger partial charge in [0.2, 0.25) is 0 Å². The summed E-state index contributed by atoms with van der Waals surface area (Å²) in [6.07, 6.45) is 0. The Morgan fingerprint density at radius 1 is 1.29 bits per heavy atom. The molecule has 0 saturated heterocycles. The van der Waals surface area contributed by atoms with Crippen molar-refractivity contribution in [3.05, 3.63) is 28.3 Å². The van der Waals surface area contributed by atoms with Crippen LogP contribution in [0, 0.1) is 0 Å². The lowest BCUT2D eigenvalue weighted by molar-refractivity contribution is -0.910. The number of nitrogens with one attached hydrogen (secondary N) is 1. The van der Waals surface area contributed by atoms with Crippen LogP contribution in [0.3, 0.4) is 0 Å². The summed E-state index contributed by atoms with van der Waals surface area (Å²) in [5.41, 5.74) is 2.25. The summed E-state index contributed by atoms with van der Waals surface area (Å²) in [4.78, 5) is 1.52. The molecule has 1 aromatic carbocycles. The molecule has 1 aliphatic heterocycles. The number of fused-ring (bicyclic) bond motifs is 1. The van der Waals surface area contributed by atoms with Gasteiger partial charge in [-0.1, -0.05) is 11.6 Å². The van der Waals surface area contributed by atoms with E-state index in [9.17, 15) is 0 Å². The molecule has 0 fully saturated rings. The minimum atomic E-state index is 0.342. The smallest absolute Gasteiger partial charge is 0.189 e. The predicted octanol–water partition coefficient (Wildman–Crippen LogP) is 1.63. The van der Waals surface area contributed by atoms with Crippen LogP contribution < -0.4 is 9.64 Å². The van der Waals surface area contributed by atoms with Crippen LogP contribution in [0.4, 0.5) is 0 Å². The molecule has 4 heteroatoms. The largest absolute Gasteiger partial charge is 0.467 e. The Morgan fingerprint density at radius 2 is 2.06 bits per heavy atom. The first-order valence-corrected chi connectivity index (χ1v) is 6.47. The van der Waals surface area contributed by atoms with E-state index >= 15 is 0 Å². The predicted molar refractivity (Wildman–Crippen MR) is 67.5 cm³/mol. The standard InChI is InChI=1S/C13H18ClNO2/c1-3-15(4-2)7-10-5-12(14)6-11-8-16-9-17-13(10)11/h5-6H,3-4,7-9H2,1-2H3/p+1. The van der Waals surface area contributed by atoms with Crippen molar-refractivity contribution < 1.29 is 14.4 Å². The van der Waals surface area contributed by atoms with Crippen molar-refractivity contribution in [1.82, 2.24) is 0 Å². The molecule has 0 unspecified atom stereocenters. The van der Waals surface area contributed by atoms with Gasteiger partial charge in [-0.3, -0.25) is 0 Å². The lowest BCUT2D eigenvalue weighted by Crippen LogP contribution is -3.10. The Labute approximate surface area is 107 Å². The van der Waals surface area contributed by atoms with Crippen molar-refractivity contribution >= 4 is 11.6 Å². The van der Waals surface area contributed by atoms with Crippen LogP contribution in [0.5, 0.6) is 5.75 Å². The molecule has 0 amide bonds. The zero-order valence-corrected chi connectivity index (χ0v) is 11.1. The van der Waals surface area contributed by atoms with Crippen molar-refractivity contribution in [2.45, 2.75) is 27.0 Å². The first kappa shape index (κ1) is 12.7. The van der Waals surface area contributed by atoms with Crippen LogP contribution in [-0.2, 0) is 17.9 Å². The van der Waals surface area contributed by atoms with Crippen molar-refractivity contribution in [3.63, 3.8) is 0 Å². The monoisotopic (exact) mass is 256 g/mol. The van der Waals surface area contributed by atoms with Gasteiger partial charge in [0.05, 0.1) is 25.3 Å². The molecule has 0 saturated carbocycles. The van der Waals surface area contributed by atoms with Gasteiger partial charge in [0.15, 0.2) is 6.79 Å². The average molecular weight is 257 g/mol. The Morgan fingerprint density at radius 3 is 2.76 bits per heavy atom. The number of halogens is 1. The molecule has 0 bridgehead atoms. The second-order valence-electron chi connectivity index (χ2n) is 4.30. The fraction of sp³-hybridized carbons (Fsp3) is 0.538. The highest BCUT2D eigenvalue weighted by Crippen LogP contribution is 2.31. The second kappa shape index (κ2) is 5.71. The van der Waals surface area contributed by atoms with Crippen LogP contribution in [0.25, 0.3) is 0 Å². The van der Waals surface area contributed by atoms with Crippen molar-refractivity contribution in [2.75, 3.05) is 19.9 Å². The lowest BCUT2D eigenvalue weighted by atomic mass is 10.1. The highest BCUT2D eigenvalue weighted by Gasteiger charge is 2.18. The van der Waals surface area contributed by atoms with E-state index in [1.807, 2.05) is 12.1 Å². The van der Waals surface area contributed by atoms with E-state index in [-0.39, 0.29) is 0 Å². The van der Waals surface area contributed by atoms with E-state index in [1.165, 1.54) is 10.5 Å². The van der Waals surface area contributed by atoms with E-state index in [0.717, 1.165) is 36.0 Å². The highest BCUT2D eigenvalue weighted by atomic mass is 35.5. The maximum absolute atomic E-state index is 6.13. The number of hydrogen-bond acceptors (Lipinski definition) is 2. The summed E-state index contributed by atoms with van der Waals surface area (Å²) >= 11 is 6.13. The highest BCUT2D eigenvalue weighted by molar-refractivity contribution is 6.30. The minimum absolute atomic E-state index is 0.342. The van der Waals surface area contributed by atoms with Crippen LogP contribution in [0.1, 0.15) is 25.0 Å². The van der Waals surface area contributed by atoms with Crippen molar-refractivity contribution in [2.24, 2.45) is 0 Å². The van der Waals surface area contributed by atoms with E-state index < -0.39 is 0 Å². The molecule has 1 heterocycles. The van der Waals surface area contributed by atoms with Gasteiger partial charge in [-0.2, -0.15) is 0 Å². The molecule has 0 aromatic heterocycles. The molecule has 1 N–H and O–H groups in total. The van der Waals surface area contributed by atoms with Gasteiger partial charge >= 0.3 is 0 Å². The number of benzene rings is 1. The molecule has 0 aliphatic carbocycles. The Kier molecular flexibility index (Phi) is 4.26. The number of ether oxygens (including phenoxy) is 2. The second-order valence-corrected chi connectivity index (χ2v) is 4.73. The summed E-state index contributed by atoms with van der Waals surface area (Å²) in [7, 11) is 0. The Hall–Kier alpha value is -0.770. The van der Waals surface area contributed by atoms with Gasteiger partial charge in [0.1, 0.15) is 12.3 Å². The third-order valence-corrected chi connectivity index (χ3v) is 3.41. The lowest BCUT2D eigenvalue weighted by Gasteiger charge is -2.23. The maximum atomic E-state index is 6.13. The number of rotatable bonds is 4. The van der Waals surface area contributed by atoms with Crippen LogP contribution >= 0.6 is 11.6 Å². The van der Waals surface area contributed by atoms with Gasteiger partial charge in [-0.05, 0) is 26.0 Å². The summed E-state index contributed by atoms with van der Waals surface area (Å²) in [5.74, 6) is 0.972. The summed E-state index contributed by atoms with van der Waals surface area (Å²) < 4.78 is 10.9. The van der Waals surface area contributed by atoms with Crippen LogP contribution in [0.2, 0.25) is 5.02 Å². The molecular formula is C13H19ClNO2+. The van der Waals surface area contributed by atoms with E-state index in [0.29, 0.717) is 13.4 Å². The van der Waals surface area contributed by atoms with Crippen molar-refractivity contribution in [3.8, 4) is 5.75 Å². The molecular weight excluding hydrogens is 238 g/mol. The molecule has 1 aromatic rings. The fourth-order valence-electron chi connectivity index (χ4n) is 2.16. The van der Waals surface area contributed by atoms with Gasteiger partial charge in [0, 0.05) is 10.6 Å². The van der Waals surface area contributed by atoms with E-state index in [2.05, 4.69) is 13.8 Å². The maximum Gasteiger partial charge on any atom is 0.189 e. The molecule has 0 radical (unpaired) electrons. The summed E-state index contributed by atoms with van der Waals surface area (Å²) in [6, 6.07) is 3.94. The Balaban J connectivity index is 2.28. The van der Waals surface area contributed by atoms with Gasteiger partial charge in [0.25, 0.3) is 0 Å². The average Bonchev–Trinajstić information content (AvgIpc) is 2.35. The third kappa shape index (κ3) is 2.92. The minimum Gasteiger partial charge on any atom is -0.467 e. The third-order valence-electron chi connectivity index (χ3n) is 3.19. The SMILES string of the molecule is CC[NH+](CC)Cc1cc(Cl)cc2c1OCOC2. The molecule has 1 aliphatic rings. The fourth-order valence-corrected chi connectivity index (χ4v) is 2.42. The zero-order chi connectivity index (χ0) is 12.3. The van der Waals surface area contributed by atoms with E-state index in [1.54, 1.807) is 0 Å². The summed E-state index contributed by atoms with van der Waals surface area (Å²) in [5, 5.41) is 0.763. The van der Waals surface area contributed by atoms with Crippen LogP contribution in [0.15, 0.2) is 12.1 Å². The zero-order valence-electron chi connectivity index (χ0n) is 10.4. The quantitative estimate of drug-likeness (QED) is 0.885. The van der Waals surface area contributed by atoms with Gasteiger partial charge in [-0.25, -0.2) is 0 Å². The first-order valence-electron chi connectivity index (χ1n) is 6.10. The first-order chi connectivity index (χ1) is 8.24. The molecule has 3 nitrogen and oxygen atoms in total. The molecule has 0 spiro atoms. The Bertz CT molecular complexity index is 391. The molecule has 2 rings (SSSR count). The number of quaternary nitrogens is 1. The van der Waals surface area contributed by atoms with Gasteiger partial charge in [-0.15, -0.1) is 0 Å². The van der Waals surface area contributed by atoms with Gasteiger partial charge < -0.3 is 14.4 Å². The molecule has 17 heavy (non-hydrogen) atoms. The number of hydrogen-bond donors (Lipinski definition) is 1. The molecule has 0 atom stereocenters. The normalized spacial score (nSPS) is 14.6. The van der Waals surface area contributed by atoms with Crippen molar-refractivity contribution in [1.29, 1.82) is 0 Å². The summed E-state index contributed by atoms with van der Waals surface area (Å²) in [6.45, 7) is 8.49.